The van der Waals surface area contributed by atoms with Crippen molar-refractivity contribution in [2.75, 3.05) is 26.2 Å². The van der Waals surface area contributed by atoms with Crippen LogP contribution >= 0.6 is 11.3 Å². The average Bonchev–Trinajstić information content (AvgIpc) is 3.15. The Kier molecular flexibility index (Phi) is 7.09. The van der Waals surface area contributed by atoms with Crippen molar-refractivity contribution in [1.29, 1.82) is 0 Å². The van der Waals surface area contributed by atoms with Gasteiger partial charge in [-0.1, -0.05) is 13.0 Å². The van der Waals surface area contributed by atoms with Gasteiger partial charge in [0.1, 0.15) is 0 Å². The largest absolute Gasteiger partial charge is 0.348 e. The SMILES string of the molecule is CCC(NC(=O)C1CCN(C(=O)N(CC)CC)CC1)c1cccs1. The van der Waals surface area contributed by atoms with Crippen LogP contribution in [0.1, 0.15) is 51.0 Å². The van der Waals surface area contributed by atoms with E-state index in [1.54, 1.807) is 11.3 Å². The number of urea groups is 1. The van der Waals surface area contributed by atoms with E-state index in [4.69, 9.17) is 0 Å². The molecule has 0 bridgehead atoms. The first kappa shape index (κ1) is 18.8. The lowest BCUT2D eigenvalue weighted by atomic mass is 9.95. The second-order valence-corrected chi connectivity index (χ2v) is 7.18. The molecule has 1 aliphatic rings. The molecular formula is C18H29N3O2S. The fourth-order valence-corrected chi connectivity index (χ4v) is 4.04. The molecule has 24 heavy (non-hydrogen) atoms. The summed E-state index contributed by atoms with van der Waals surface area (Å²) in [5.41, 5.74) is 0. The molecule has 1 unspecified atom stereocenters. The fourth-order valence-electron chi connectivity index (χ4n) is 3.18. The van der Waals surface area contributed by atoms with E-state index in [2.05, 4.69) is 18.3 Å². The Bertz CT molecular complexity index is 520. The van der Waals surface area contributed by atoms with Crippen LogP contribution < -0.4 is 5.32 Å². The third-order valence-corrected chi connectivity index (χ3v) is 5.77. The van der Waals surface area contributed by atoms with Gasteiger partial charge in [0.25, 0.3) is 0 Å². The number of rotatable bonds is 6. The van der Waals surface area contributed by atoms with Gasteiger partial charge < -0.3 is 15.1 Å². The van der Waals surface area contributed by atoms with Gasteiger partial charge in [-0.15, -0.1) is 11.3 Å². The van der Waals surface area contributed by atoms with Crippen molar-refractivity contribution in [2.45, 2.75) is 46.1 Å². The van der Waals surface area contributed by atoms with E-state index in [-0.39, 0.29) is 23.9 Å². The maximum absolute atomic E-state index is 12.6. The number of hydrogen-bond acceptors (Lipinski definition) is 3. The summed E-state index contributed by atoms with van der Waals surface area (Å²) in [4.78, 5) is 29.9. The van der Waals surface area contributed by atoms with Crippen LogP contribution in [0.25, 0.3) is 0 Å². The van der Waals surface area contributed by atoms with Gasteiger partial charge in [0.15, 0.2) is 0 Å². The Labute approximate surface area is 149 Å². The second kappa shape index (κ2) is 9.06. The summed E-state index contributed by atoms with van der Waals surface area (Å²) < 4.78 is 0. The molecule has 0 radical (unpaired) electrons. The van der Waals surface area contributed by atoms with Gasteiger partial charge in [-0.25, -0.2) is 4.79 Å². The number of nitrogens with zero attached hydrogens (tertiary/aromatic N) is 2. The molecule has 2 heterocycles. The van der Waals surface area contributed by atoms with Crippen LogP contribution in [0.3, 0.4) is 0 Å². The highest BCUT2D eigenvalue weighted by Gasteiger charge is 2.29. The molecule has 134 valence electrons. The molecule has 1 fully saturated rings. The first-order chi connectivity index (χ1) is 11.6. The molecule has 0 aliphatic carbocycles. The summed E-state index contributed by atoms with van der Waals surface area (Å²) in [6.45, 7) is 8.89. The van der Waals surface area contributed by atoms with Crippen LogP contribution in [-0.4, -0.2) is 47.9 Å². The summed E-state index contributed by atoms with van der Waals surface area (Å²) in [5.74, 6) is 0.143. The molecule has 1 atom stereocenters. The first-order valence-electron chi connectivity index (χ1n) is 8.98. The maximum Gasteiger partial charge on any atom is 0.319 e. The maximum atomic E-state index is 12.6. The Morgan fingerprint density at radius 1 is 1.29 bits per heavy atom. The Hall–Kier alpha value is -1.56. The summed E-state index contributed by atoms with van der Waals surface area (Å²) in [7, 11) is 0. The molecule has 1 aromatic rings. The molecule has 2 rings (SSSR count). The van der Waals surface area contributed by atoms with E-state index in [1.807, 2.05) is 35.1 Å². The highest BCUT2D eigenvalue weighted by molar-refractivity contribution is 7.10. The van der Waals surface area contributed by atoms with Crippen molar-refractivity contribution in [3.63, 3.8) is 0 Å². The smallest absolute Gasteiger partial charge is 0.319 e. The number of hydrogen-bond donors (Lipinski definition) is 1. The molecule has 1 aliphatic heterocycles. The van der Waals surface area contributed by atoms with Crippen LogP contribution in [-0.2, 0) is 4.79 Å². The molecular weight excluding hydrogens is 322 g/mol. The zero-order valence-corrected chi connectivity index (χ0v) is 15.8. The lowest BCUT2D eigenvalue weighted by Gasteiger charge is -2.35. The lowest BCUT2D eigenvalue weighted by molar-refractivity contribution is -0.127. The standard InChI is InChI=1S/C18H29N3O2S/c1-4-15(16-8-7-13-24-16)19-17(22)14-9-11-21(12-10-14)18(23)20(5-2)6-3/h7-8,13-15H,4-6,9-12H2,1-3H3,(H,19,22). The minimum Gasteiger partial charge on any atom is -0.348 e. The molecule has 1 N–H and O–H groups in total. The second-order valence-electron chi connectivity index (χ2n) is 6.20. The van der Waals surface area contributed by atoms with Gasteiger partial charge in [0.2, 0.25) is 5.91 Å². The predicted molar refractivity (Wildman–Crippen MR) is 98.1 cm³/mol. The highest BCUT2D eigenvalue weighted by Crippen LogP contribution is 2.24. The monoisotopic (exact) mass is 351 g/mol. The lowest BCUT2D eigenvalue weighted by Crippen LogP contribution is -2.48. The van der Waals surface area contributed by atoms with Crippen molar-refractivity contribution in [2.24, 2.45) is 5.92 Å². The molecule has 0 spiro atoms. The zero-order valence-electron chi connectivity index (χ0n) is 15.0. The van der Waals surface area contributed by atoms with E-state index >= 15 is 0 Å². The average molecular weight is 352 g/mol. The van der Waals surface area contributed by atoms with E-state index < -0.39 is 0 Å². The molecule has 0 aromatic carbocycles. The predicted octanol–water partition coefficient (Wildman–Crippen LogP) is 3.49. The minimum absolute atomic E-state index is 0.0137. The Morgan fingerprint density at radius 2 is 1.96 bits per heavy atom. The van der Waals surface area contributed by atoms with Crippen LogP contribution in [0.4, 0.5) is 4.79 Å². The van der Waals surface area contributed by atoms with Crippen LogP contribution in [0.15, 0.2) is 17.5 Å². The van der Waals surface area contributed by atoms with Gasteiger partial charge >= 0.3 is 6.03 Å². The molecule has 6 heteroatoms. The Morgan fingerprint density at radius 3 is 2.46 bits per heavy atom. The molecule has 1 aromatic heterocycles. The topological polar surface area (TPSA) is 52.7 Å². The molecule has 0 saturated carbocycles. The van der Waals surface area contributed by atoms with Crippen LogP contribution in [0, 0.1) is 5.92 Å². The van der Waals surface area contributed by atoms with Crippen molar-refractivity contribution < 1.29 is 9.59 Å². The summed E-state index contributed by atoms with van der Waals surface area (Å²) in [5, 5.41) is 5.23. The summed E-state index contributed by atoms with van der Waals surface area (Å²) >= 11 is 1.68. The van der Waals surface area contributed by atoms with Gasteiger partial charge in [-0.05, 0) is 44.6 Å². The Balaban J connectivity index is 1.85. The van der Waals surface area contributed by atoms with Gasteiger partial charge in [-0.2, -0.15) is 0 Å². The quantitative estimate of drug-likeness (QED) is 0.853. The van der Waals surface area contributed by atoms with E-state index in [0.29, 0.717) is 13.1 Å². The van der Waals surface area contributed by atoms with Gasteiger partial charge in [0.05, 0.1) is 6.04 Å². The number of amides is 3. The minimum atomic E-state index is 0.0137. The van der Waals surface area contributed by atoms with Crippen LogP contribution in [0.5, 0.6) is 0 Å². The van der Waals surface area contributed by atoms with E-state index in [1.165, 1.54) is 4.88 Å². The highest BCUT2D eigenvalue weighted by atomic mass is 32.1. The summed E-state index contributed by atoms with van der Waals surface area (Å²) in [6, 6.07) is 4.30. The van der Waals surface area contributed by atoms with E-state index in [9.17, 15) is 9.59 Å². The molecule has 1 saturated heterocycles. The number of thiophene rings is 1. The molecule has 3 amide bonds. The fraction of sp³-hybridized carbons (Fsp3) is 0.667. The van der Waals surface area contributed by atoms with E-state index in [0.717, 1.165) is 32.4 Å². The van der Waals surface area contributed by atoms with Crippen molar-refractivity contribution in [3.05, 3.63) is 22.4 Å². The molecule has 5 nitrogen and oxygen atoms in total. The number of carbonyl (C=O) groups is 2. The van der Waals surface area contributed by atoms with Crippen molar-refractivity contribution in [1.82, 2.24) is 15.1 Å². The number of nitrogens with one attached hydrogen (secondary N) is 1. The number of carbonyl (C=O) groups excluding carboxylic acids is 2. The summed E-state index contributed by atoms with van der Waals surface area (Å²) in [6.07, 6.45) is 2.39. The van der Waals surface area contributed by atoms with Gasteiger partial charge in [-0.3, -0.25) is 4.79 Å². The number of piperidine rings is 1. The zero-order chi connectivity index (χ0) is 17.5. The van der Waals surface area contributed by atoms with Gasteiger partial charge in [0, 0.05) is 37.0 Å². The normalized spacial score (nSPS) is 16.7. The third-order valence-electron chi connectivity index (χ3n) is 4.78. The first-order valence-corrected chi connectivity index (χ1v) is 9.86. The van der Waals surface area contributed by atoms with Crippen LogP contribution in [0.2, 0.25) is 0 Å². The number of likely N-dealkylation sites (tertiary alicyclic amines) is 1. The van der Waals surface area contributed by atoms with Crippen molar-refractivity contribution in [3.8, 4) is 0 Å². The third kappa shape index (κ3) is 4.50. The van der Waals surface area contributed by atoms with Crippen molar-refractivity contribution >= 4 is 23.3 Å².